The van der Waals surface area contributed by atoms with Gasteiger partial charge in [-0.25, -0.2) is 5.43 Å². The van der Waals surface area contributed by atoms with Crippen molar-refractivity contribution in [3.05, 3.63) is 45.5 Å². The molecular formula is C18H18IN3O5. The molecule has 2 aromatic carbocycles. The highest BCUT2D eigenvalue weighted by Gasteiger charge is 2.10. The normalized spacial score (nSPS) is 10.5. The highest BCUT2D eigenvalue weighted by Crippen LogP contribution is 2.31. The summed E-state index contributed by atoms with van der Waals surface area (Å²) in [4.78, 5) is 23.7. The second-order valence-corrected chi connectivity index (χ2v) is 6.47. The van der Waals surface area contributed by atoms with Gasteiger partial charge in [0.2, 0.25) is 11.8 Å². The minimum Gasteiger partial charge on any atom is -0.504 e. The summed E-state index contributed by atoms with van der Waals surface area (Å²) in [5, 5.41) is 16.2. The summed E-state index contributed by atoms with van der Waals surface area (Å²) in [6.07, 6.45) is 1.01. The van der Waals surface area contributed by atoms with Crippen LogP contribution in [0.25, 0.3) is 0 Å². The van der Waals surface area contributed by atoms with Gasteiger partial charge in [-0.05, 0) is 52.4 Å². The van der Waals surface area contributed by atoms with Crippen molar-refractivity contribution >= 4 is 46.3 Å². The number of halogens is 1. The van der Waals surface area contributed by atoms with Crippen LogP contribution in [-0.4, -0.2) is 37.4 Å². The van der Waals surface area contributed by atoms with Crippen molar-refractivity contribution in [3.63, 3.8) is 0 Å². The number of carbonyl (C=O) groups excluding carboxylic acids is 2. The predicted molar refractivity (Wildman–Crippen MR) is 109 cm³/mol. The summed E-state index contributed by atoms with van der Waals surface area (Å²) in [6.45, 7) is 0. The molecule has 0 atom stereocenters. The lowest BCUT2D eigenvalue weighted by Gasteiger charge is -2.07. The van der Waals surface area contributed by atoms with Gasteiger partial charge in [0, 0.05) is 11.8 Å². The number of amides is 2. The van der Waals surface area contributed by atoms with Gasteiger partial charge in [0.15, 0.2) is 11.5 Å². The maximum atomic E-state index is 11.9. The fourth-order valence-electron chi connectivity index (χ4n) is 2.09. The van der Waals surface area contributed by atoms with E-state index in [2.05, 4.69) is 15.8 Å². The minimum absolute atomic E-state index is 0.0356. The molecule has 0 aliphatic carbocycles. The molecule has 0 spiro atoms. The van der Waals surface area contributed by atoms with Crippen molar-refractivity contribution < 1.29 is 24.2 Å². The number of anilines is 1. The lowest BCUT2D eigenvalue weighted by molar-refractivity contribution is -0.126. The van der Waals surface area contributed by atoms with Gasteiger partial charge in [-0.3, -0.25) is 9.59 Å². The Morgan fingerprint density at radius 3 is 2.67 bits per heavy atom. The van der Waals surface area contributed by atoms with E-state index in [1.165, 1.54) is 20.4 Å². The molecule has 0 aliphatic rings. The first-order valence-corrected chi connectivity index (χ1v) is 8.83. The summed E-state index contributed by atoms with van der Waals surface area (Å²) in [5.74, 6) is -0.106. The number of methoxy groups -OCH3 is 2. The number of hydrogen-bond donors (Lipinski definition) is 3. The molecule has 0 saturated heterocycles. The molecule has 0 unspecified atom stereocenters. The van der Waals surface area contributed by atoms with E-state index in [-0.39, 0.29) is 12.2 Å². The summed E-state index contributed by atoms with van der Waals surface area (Å²) in [6, 6.07) is 10.1. The first-order chi connectivity index (χ1) is 12.9. The number of nitrogens with one attached hydrogen (secondary N) is 2. The molecule has 0 saturated carbocycles. The molecule has 0 bridgehead atoms. The molecule has 142 valence electrons. The van der Waals surface area contributed by atoms with Crippen LogP contribution in [0.2, 0.25) is 0 Å². The number of phenols is 1. The highest BCUT2D eigenvalue weighted by molar-refractivity contribution is 14.1. The van der Waals surface area contributed by atoms with Crippen molar-refractivity contribution in [3.8, 4) is 17.2 Å². The van der Waals surface area contributed by atoms with Crippen LogP contribution in [-0.2, 0) is 9.59 Å². The number of aromatic hydroxyl groups is 1. The fraction of sp³-hybridized carbons (Fsp3) is 0.167. The average molecular weight is 483 g/mol. The number of rotatable bonds is 7. The molecule has 2 aromatic rings. The molecule has 27 heavy (non-hydrogen) atoms. The van der Waals surface area contributed by atoms with E-state index in [0.29, 0.717) is 26.3 Å². The first-order valence-electron chi connectivity index (χ1n) is 7.75. The van der Waals surface area contributed by atoms with Crippen LogP contribution in [0.1, 0.15) is 12.0 Å². The van der Waals surface area contributed by atoms with Crippen LogP contribution in [0.3, 0.4) is 0 Å². The molecule has 0 fully saturated rings. The largest absolute Gasteiger partial charge is 0.504 e. The third kappa shape index (κ3) is 6.13. The van der Waals surface area contributed by atoms with Gasteiger partial charge in [-0.2, -0.15) is 5.10 Å². The van der Waals surface area contributed by atoms with E-state index in [0.717, 1.165) is 0 Å². The van der Waals surface area contributed by atoms with Crippen LogP contribution in [0.15, 0.2) is 41.5 Å². The number of hydrogen-bond acceptors (Lipinski definition) is 6. The summed E-state index contributed by atoms with van der Waals surface area (Å²) >= 11 is 1.95. The van der Waals surface area contributed by atoms with Crippen molar-refractivity contribution in [2.45, 2.75) is 6.42 Å². The quantitative estimate of drug-likeness (QED) is 0.243. The summed E-state index contributed by atoms with van der Waals surface area (Å²) < 4.78 is 10.7. The second kappa shape index (κ2) is 9.76. The van der Waals surface area contributed by atoms with E-state index in [1.807, 2.05) is 22.6 Å². The predicted octanol–water partition coefficient (Wildman–Crippen LogP) is 2.49. The van der Waals surface area contributed by atoms with Gasteiger partial charge in [-0.1, -0.05) is 6.07 Å². The van der Waals surface area contributed by atoms with Crippen LogP contribution in [0, 0.1) is 3.57 Å². The Labute approximate surface area is 169 Å². The molecule has 2 amide bonds. The number of ether oxygens (including phenoxy) is 2. The zero-order valence-electron chi connectivity index (χ0n) is 14.7. The van der Waals surface area contributed by atoms with Gasteiger partial charge >= 0.3 is 0 Å². The molecule has 0 aromatic heterocycles. The molecule has 3 N–H and O–H groups in total. The van der Waals surface area contributed by atoms with Gasteiger partial charge in [0.05, 0.1) is 24.0 Å². The van der Waals surface area contributed by atoms with Crippen molar-refractivity contribution in [2.75, 3.05) is 19.5 Å². The lowest BCUT2D eigenvalue weighted by Crippen LogP contribution is -2.24. The number of hydrazone groups is 1. The Morgan fingerprint density at radius 1 is 1.19 bits per heavy atom. The molecule has 0 heterocycles. The summed E-state index contributed by atoms with van der Waals surface area (Å²) in [5.41, 5.74) is 3.43. The van der Waals surface area contributed by atoms with Gasteiger partial charge in [-0.15, -0.1) is 0 Å². The molecule has 8 nitrogen and oxygen atoms in total. The monoisotopic (exact) mass is 483 g/mol. The Balaban J connectivity index is 1.89. The second-order valence-electron chi connectivity index (χ2n) is 5.30. The average Bonchev–Trinajstić information content (AvgIpc) is 2.64. The van der Waals surface area contributed by atoms with E-state index in [9.17, 15) is 14.7 Å². The van der Waals surface area contributed by atoms with Gasteiger partial charge in [0.25, 0.3) is 0 Å². The Hall–Kier alpha value is -2.82. The Bertz CT molecular complexity index is 870. The fourth-order valence-corrected chi connectivity index (χ4v) is 2.72. The lowest BCUT2D eigenvalue weighted by atomic mass is 10.2. The van der Waals surface area contributed by atoms with Crippen LogP contribution >= 0.6 is 22.6 Å². The summed E-state index contributed by atoms with van der Waals surface area (Å²) in [7, 11) is 2.96. The number of nitrogens with zero attached hydrogens (tertiary/aromatic N) is 1. The van der Waals surface area contributed by atoms with E-state index in [4.69, 9.17) is 9.47 Å². The van der Waals surface area contributed by atoms with Gasteiger partial charge in [0.1, 0.15) is 12.2 Å². The number of benzene rings is 2. The third-order valence-corrected chi connectivity index (χ3v) is 4.17. The topological polar surface area (TPSA) is 109 Å². The smallest absolute Gasteiger partial charge is 0.249 e. The first kappa shape index (κ1) is 20.5. The van der Waals surface area contributed by atoms with Crippen LogP contribution in [0.5, 0.6) is 17.2 Å². The van der Waals surface area contributed by atoms with Crippen molar-refractivity contribution in [2.24, 2.45) is 5.10 Å². The maximum Gasteiger partial charge on any atom is 0.249 e. The van der Waals surface area contributed by atoms with Crippen LogP contribution in [0.4, 0.5) is 5.69 Å². The van der Waals surface area contributed by atoms with E-state index >= 15 is 0 Å². The minimum atomic E-state index is -0.563. The Kier molecular flexibility index (Phi) is 7.41. The van der Waals surface area contributed by atoms with Crippen LogP contribution < -0.4 is 20.2 Å². The zero-order valence-corrected chi connectivity index (χ0v) is 16.8. The zero-order chi connectivity index (χ0) is 19.8. The van der Waals surface area contributed by atoms with Crippen molar-refractivity contribution in [1.29, 1.82) is 0 Å². The molecule has 9 heteroatoms. The molecular weight excluding hydrogens is 465 g/mol. The number of carbonyl (C=O) groups is 2. The van der Waals surface area contributed by atoms with E-state index in [1.54, 1.807) is 36.4 Å². The standard InChI is InChI=1S/C18H18IN3O5/c1-26-13-5-3-4-12(8-13)21-16(23)9-17(24)22-20-10-11-6-14(19)18(25)15(7-11)27-2/h3-8,10,25H,9H2,1-2H3,(H,21,23)(H,22,24). The van der Waals surface area contributed by atoms with Crippen molar-refractivity contribution in [1.82, 2.24) is 5.43 Å². The molecule has 2 rings (SSSR count). The molecule has 0 radical (unpaired) electrons. The molecule has 0 aliphatic heterocycles. The van der Waals surface area contributed by atoms with Gasteiger partial charge < -0.3 is 19.9 Å². The number of phenolic OH excluding ortho intramolecular Hbond substituents is 1. The maximum absolute atomic E-state index is 11.9. The SMILES string of the molecule is COc1cccc(NC(=O)CC(=O)NN=Cc2cc(I)c(O)c(OC)c2)c1. The van der Waals surface area contributed by atoms with E-state index < -0.39 is 11.8 Å². The Morgan fingerprint density at radius 2 is 1.96 bits per heavy atom. The third-order valence-electron chi connectivity index (χ3n) is 3.35. The highest BCUT2D eigenvalue weighted by atomic mass is 127.